The first kappa shape index (κ1) is 23.2. The molecule has 168 valence electrons. The number of hydrogen-bond donors (Lipinski definition) is 0. The second-order valence-electron chi connectivity index (χ2n) is 9.03. The Morgan fingerprint density at radius 3 is 2.25 bits per heavy atom. The first-order valence-corrected chi connectivity index (χ1v) is 10.6. The Labute approximate surface area is 188 Å². The van der Waals surface area contributed by atoms with Crippen LogP contribution in [0.3, 0.4) is 0 Å². The van der Waals surface area contributed by atoms with Gasteiger partial charge in [0.25, 0.3) is 11.8 Å². The maximum absolute atomic E-state index is 13.7. The lowest BCUT2D eigenvalue weighted by Crippen LogP contribution is -2.55. The summed E-state index contributed by atoms with van der Waals surface area (Å²) in [5.74, 6) is -1.31. The molecule has 0 saturated carbocycles. The molecule has 1 aromatic carbocycles. The van der Waals surface area contributed by atoms with E-state index in [1.807, 2.05) is 44.2 Å². The Morgan fingerprint density at radius 1 is 1.06 bits per heavy atom. The van der Waals surface area contributed by atoms with Crippen LogP contribution in [0.4, 0.5) is 0 Å². The van der Waals surface area contributed by atoms with Gasteiger partial charge in [0.2, 0.25) is 0 Å². The lowest BCUT2D eigenvalue weighted by molar-refractivity contribution is -0.158. The molecule has 0 spiro atoms. The van der Waals surface area contributed by atoms with Crippen LogP contribution in [0.25, 0.3) is 5.70 Å². The minimum absolute atomic E-state index is 0.178. The van der Waals surface area contributed by atoms with E-state index in [1.165, 1.54) is 9.80 Å². The highest BCUT2D eigenvalue weighted by atomic mass is 16.6. The minimum atomic E-state index is -0.759. The second-order valence-corrected chi connectivity index (χ2v) is 9.03. The quantitative estimate of drug-likeness (QED) is 0.669. The van der Waals surface area contributed by atoms with Crippen LogP contribution in [-0.2, 0) is 14.3 Å². The molecular weight excluding hydrogens is 406 g/mol. The summed E-state index contributed by atoms with van der Waals surface area (Å²) >= 11 is 0. The first-order valence-electron chi connectivity index (χ1n) is 10.6. The number of carbonyl (C=O) groups excluding carboxylic acids is 3. The number of hydrogen-bond acceptors (Lipinski definition) is 5. The van der Waals surface area contributed by atoms with Crippen molar-refractivity contribution in [1.82, 2.24) is 14.8 Å². The van der Waals surface area contributed by atoms with E-state index in [0.717, 1.165) is 5.56 Å². The second kappa shape index (κ2) is 9.34. The maximum atomic E-state index is 13.7. The van der Waals surface area contributed by atoms with Crippen LogP contribution in [0.5, 0.6) is 0 Å². The average molecular weight is 436 g/mol. The zero-order valence-electron chi connectivity index (χ0n) is 19.1. The molecule has 0 fully saturated rings. The summed E-state index contributed by atoms with van der Waals surface area (Å²) in [5, 5.41) is 0. The molecule has 32 heavy (non-hydrogen) atoms. The van der Waals surface area contributed by atoms with Gasteiger partial charge in [-0.25, -0.2) is 0 Å². The molecule has 2 aromatic rings. The van der Waals surface area contributed by atoms with Crippen molar-refractivity contribution < 1.29 is 19.1 Å². The molecule has 7 heteroatoms. The van der Waals surface area contributed by atoms with E-state index in [2.05, 4.69) is 4.98 Å². The number of esters is 1. The molecule has 1 atom stereocenters. The Morgan fingerprint density at radius 2 is 1.69 bits per heavy atom. The van der Waals surface area contributed by atoms with Crippen LogP contribution in [0, 0.1) is 5.92 Å². The van der Waals surface area contributed by atoms with Crippen LogP contribution in [-0.4, -0.2) is 50.8 Å². The molecule has 1 aromatic heterocycles. The summed E-state index contributed by atoms with van der Waals surface area (Å²) in [7, 11) is 0. The van der Waals surface area contributed by atoms with E-state index in [0.29, 0.717) is 11.3 Å². The molecule has 2 amide bonds. The minimum Gasteiger partial charge on any atom is -0.459 e. The van der Waals surface area contributed by atoms with E-state index in [-0.39, 0.29) is 24.3 Å². The normalized spacial score (nSPS) is 16.8. The SMILES string of the molecule is CC(C)C1C(=O)N(CC(=O)OC(C)(C)C)C(c2ccccc2)=CN1C(=O)c1ccncc1. The molecular formula is C25H29N3O4. The summed E-state index contributed by atoms with van der Waals surface area (Å²) in [6.07, 6.45) is 4.74. The van der Waals surface area contributed by atoms with Crippen molar-refractivity contribution in [2.45, 2.75) is 46.3 Å². The molecule has 0 N–H and O–H groups in total. The number of aromatic nitrogens is 1. The van der Waals surface area contributed by atoms with Gasteiger partial charge >= 0.3 is 5.97 Å². The van der Waals surface area contributed by atoms with Crippen molar-refractivity contribution >= 4 is 23.5 Å². The third-order valence-electron chi connectivity index (χ3n) is 4.94. The van der Waals surface area contributed by atoms with Gasteiger partial charge in [-0.2, -0.15) is 0 Å². The van der Waals surface area contributed by atoms with Gasteiger partial charge in [-0.05, 0) is 44.4 Å². The fourth-order valence-electron chi connectivity index (χ4n) is 3.62. The number of nitrogens with zero attached hydrogens (tertiary/aromatic N) is 3. The molecule has 1 aliphatic rings. The summed E-state index contributed by atoms with van der Waals surface area (Å²) < 4.78 is 5.46. The molecule has 2 heterocycles. The first-order chi connectivity index (χ1) is 15.1. The lowest BCUT2D eigenvalue weighted by Gasteiger charge is -2.41. The molecule has 7 nitrogen and oxygen atoms in total. The Hall–Kier alpha value is -3.48. The van der Waals surface area contributed by atoms with Gasteiger partial charge in [-0.15, -0.1) is 0 Å². The van der Waals surface area contributed by atoms with Crippen LogP contribution < -0.4 is 0 Å². The van der Waals surface area contributed by atoms with Gasteiger partial charge in [0.1, 0.15) is 18.2 Å². The van der Waals surface area contributed by atoms with Crippen molar-refractivity contribution in [1.29, 1.82) is 0 Å². The van der Waals surface area contributed by atoms with E-state index >= 15 is 0 Å². The third kappa shape index (κ3) is 5.22. The summed E-state index contributed by atoms with van der Waals surface area (Å²) in [4.78, 5) is 46.5. The van der Waals surface area contributed by atoms with E-state index in [9.17, 15) is 14.4 Å². The maximum Gasteiger partial charge on any atom is 0.326 e. The fourth-order valence-corrected chi connectivity index (χ4v) is 3.62. The Bertz CT molecular complexity index is 1010. The van der Waals surface area contributed by atoms with Crippen LogP contribution in [0.2, 0.25) is 0 Å². The molecule has 0 bridgehead atoms. The monoisotopic (exact) mass is 435 g/mol. The van der Waals surface area contributed by atoms with Crippen LogP contribution in [0.15, 0.2) is 61.1 Å². The number of amides is 2. The predicted octanol–water partition coefficient (Wildman–Crippen LogP) is 3.73. The van der Waals surface area contributed by atoms with Gasteiger partial charge in [-0.1, -0.05) is 44.2 Å². The molecule has 0 aliphatic carbocycles. The van der Waals surface area contributed by atoms with Crippen molar-refractivity contribution in [2.75, 3.05) is 6.54 Å². The average Bonchev–Trinajstić information content (AvgIpc) is 2.74. The number of benzene rings is 1. The largest absolute Gasteiger partial charge is 0.459 e. The highest BCUT2D eigenvalue weighted by Gasteiger charge is 2.41. The number of ether oxygens (including phenoxy) is 1. The van der Waals surface area contributed by atoms with Gasteiger partial charge in [0.05, 0.1) is 5.70 Å². The highest BCUT2D eigenvalue weighted by molar-refractivity contribution is 6.03. The third-order valence-corrected chi connectivity index (χ3v) is 4.94. The lowest BCUT2D eigenvalue weighted by atomic mass is 9.96. The van der Waals surface area contributed by atoms with Crippen LogP contribution >= 0.6 is 0 Å². The van der Waals surface area contributed by atoms with Gasteiger partial charge in [0, 0.05) is 24.2 Å². The molecule has 1 unspecified atom stereocenters. The van der Waals surface area contributed by atoms with Gasteiger partial charge in [-0.3, -0.25) is 24.3 Å². The van der Waals surface area contributed by atoms with Crippen LogP contribution in [0.1, 0.15) is 50.5 Å². The summed E-state index contributed by atoms with van der Waals surface area (Å²) in [6.45, 7) is 8.86. The number of carbonyl (C=O) groups is 3. The van der Waals surface area contributed by atoms with Crippen molar-refractivity contribution in [3.8, 4) is 0 Å². The molecule has 0 saturated heterocycles. The smallest absolute Gasteiger partial charge is 0.326 e. The summed E-state index contributed by atoms with van der Waals surface area (Å²) in [5.41, 5.74) is 0.954. The predicted molar refractivity (Wildman–Crippen MR) is 121 cm³/mol. The van der Waals surface area contributed by atoms with E-state index < -0.39 is 17.6 Å². The Balaban J connectivity index is 2.08. The van der Waals surface area contributed by atoms with E-state index in [1.54, 1.807) is 51.5 Å². The molecule has 1 aliphatic heterocycles. The number of pyridine rings is 1. The van der Waals surface area contributed by atoms with Crippen molar-refractivity contribution in [3.05, 3.63) is 72.2 Å². The van der Waals surface area contributed by atoms with E-state index in [4.69, 9.17) is 4.74 Å². The zero-order chi connectivity index (χ0) is 23.5. The zero-order valence-corrected chi connectivity index (χ0v) is 19.1. The van der Waals surface area contributed by atoms with Crippen molar-refractivity contribution in [2.24, 2.45) is 5.92 Å². The number of rotatable bonds is 5. The standard InChI is InChI=1S/C25H29N3O4/c1-17(2)22-24(31)27(16-21(29)32-25(3,4)5)20(18-9-7-6-8-10-18)15-28(22)23(30)19-11-13-26-14-12-19/h6-15,17,22H,16H2,1-5H3. The fraction of sp³-hybridized carbons (Fsp3) is 0.360. The van der Waals surface area contributed by atoms with Gasteiger partial charge in [0.15, 0.2) is 0 Å². The van der Waals surface area contributed by atoms with Gasteiger partial charge < -0.3 is 9.64 Å². The van der Waals surface area contributed by atoms with Crippen molar-refractivity contribution in [3.63, 3.8) is 0 Å². The molecule has 3 rings (SSSR count). The molecule has 0 radical (unpaired) electrons. The summed E-state index contributed by atoms with van der Waals surface area (Å²) in [6, 6.07) is 11.7. The highest BCUT2D eigenvalue weighted by Crippen LogP contribution is 2.31. The Kier molecular flexibility index (Phi) is 6.77. The topological polar surface area (TPSA) is 79.8 Å².